The molecule has 0 saturated heterocycles. The summed E-state index contributed by atoms with van der Waals surface area (Å²) in [5, 5.41) is 19.2. The number of fused-ring (bicyclic) bond motifs is 1. The summed E-state index contributed by atoms with van der Waals surface area (Å²) in [5.74, 6) is 1.83. The molecule has 6 nitrogen and oxygen atoms in total. The van der Waals surface area contributed by atoms with Gasteiger partial charge in [-0.2, -0.15) is 5.10 Å². The zero-order valence-corrected chi connectivity index (χ0v) is 10.9. The fourth-order valence-electron chi connectivity index (χ4n) is 2.48. The molecule has 2 N–H and O–H groups in total. The lowest BCUT2D eigenvalue weighted by Gasteiger charge is -2.15. The van der Waals surface area contributed by atoms with E-state index in [1.54, 1.807) is 0 Å². The van der Waals surface area contributed by atoms with Crippen molar-refractivity contribution >= 4 is 0 Å². The maximum Gasteiger partial charge on any atom is 0.182 e. The van der Waals surface area contributed by atoms with E-state index in [1.807, 2.05) is 36.4 Å². The first-order valence-corrected chi connectivity index (χ1v) is 6.66. The van der Waals surface area contributed by atoms with Crippen LogP contribution in [0, 0.1) is 0 Å². The number of benzene rings is 1. The van der Waals surface area contributed by atoms with Gasteiger partial charge in [-0.3, -0.25) is 5.10 Å². The van der Waals surface area contributed by atoms with E-state index in [0.29, 0.717) is 0 Å². The number of H-pyrrole nitrogens is 1. The predicted molar refractivity (Wildman–Crippen MR) is 74.7 cm³/mol. The van der Waals surface area contributed by atoms with Crippen LogP contribution in [0.2, 0.25) is 0 Å². The van der Waals surface area contributed by atoms with Crippen LogP contribution in [0.3, 0.4) is 0 Å². The lowest BCUT2D eigenvalue weighted by Crippen LogP contribution is -2.28. The molecule has 4 rings (SSSR count). The number of aromatic nitrogens is 5. The normalized spacial score (nSPS) is 14.2. The Morgan fingerprint density at radius 3 is 2.90 bits per heavy atom. The van der Waals surface area contributed by atoms with Crippen LogP contribution in [-0.4, -0.2) is 31.5 Å². The van der Waals surface area contributed by atoms with Gasteiger partial charge in [0.05, 0.1) is 12.2 Å². The van der Waals surface area contributed by atoms with Gasteiger partial charge < -0.3 is 9.88 Å². The van der Waals surface area contributed by atoms with E-state index < -0.39 is 0 Å². The number of rotatable bonds is 2. The third-order valence-corrected chi connectivity index (χ3v) is 3.51. The Hall–Kier alpha value is -2.47. The lowest BCUT2D eigenvalue weighted by atomic mass is 10.1. The fourth-order valence-corrected chi connectivity index (χ4v) is 2.48. The quantitative estimate of drug-likeness (QED) is 0.736. The molecule has 3 heterocycles. The molecule has 0 amide bonds. The Labute approximate surface area is 115 Å². The van der Waals surface area contributed by atoms with Gasteiger partial charge in [0.2, 0.25) is 0 Å². The van der Waals surface area contributed by atoms with Crippen LogP contribution in [0.5, 0.6) is 0 Å². The van der Waals surface area contributed by atoms with Crippen molar-refractivity contribution in [3.63, 3.8) is 0 Å². The molecule has 1 aliphatic rings. The molecule has 6 heteroatoms. The highest BCUT2D eigenvalue weighted by Crippen LogP contribution is 2.23. The minimum absolute atomic E-state index is 0.771. The van der Waals surface area contributed by atoms with Crippen LogP contribution in [0.25, 0.3) is 22.8 Å². The maximum absolute atomic E-state index is 4.37. The smallest absolute Gasteiger partial charge is 0.182 e. The monoisotopic (exact) mass is 266 g/mol. The Balaban J connectivity index is 1.74. The third kappa shape index (κ3) is 1.81. The van der Waals surface area contributed by atoms with E-state index in [9.17, 15) is 0 Å². The Bertz CT molecular complexity index is 727. The van der Waals surface area contributed by atoms with Gasteiger partial charge in [-0.25, -0.2) is 0 Å². The highest BCUT2D eigenvalue weighted by atomic mass is 15.3. The van der Waals surface area contributed by atoms with Gasteiger partial charge in [-0.05, 0) is 6.07 Å². The average molecular weight is 266 g/mol. The lowest BCUT2D eigenvalue weighted by molar-refractivity contribution is 0.508. The molecule has 1 aliphatic heterocycles. The van der Waals surface area contributed by atoms with Crippen LogP contribution in [0.4, 0.5) is 0 Å². The standard InChI is InChI=1S/C14H14N6/c1-2-4-10(5-3-1)11-8-12(17-16-11)14-19-18-13-9-15-6-7-20(13)14/h1-5,8,15H,6-7,9H2,(H,16,17). The van der Waals surface area contributed by atoms with Crippen molar-refractivity contribution in [1.82, 2.24) is 30.3 Å². The molecule has 2 aromatic heterocycles. The SMILES string of the molecule is c1ccc(-c2cc(-c3nnc4n3CCNC4)[nH]n2)cc1. The number of hydrogen-bond acceptors (Lipinski definition) is 4. The zero-order valence-electron chi connectivity index (χ0n) is 10.9. The Kier molecular flexibility index (Phi) is 2.60. The first-order chi connectivity index (χ1) is 9.92. The summed E-state index contributed by atoms with van der Waals surface area (Å²) in [7, 11) is 0. The summed E-state index contributed by atoms with van der Waals surface area (Å²) in [4.78, 5) is 0. The highest BCUT2D eigenvalue weighted by Gasteiger charge is 2.18. The summed E-state index contributed by atoms with van der Waals surface area (Å²) < 4.78 is 2.14. The van der Waals surface area contributed by atoms with Crippen LogP contribution in [0.1, 0.15) is 5.82 Å². The number of nitrogens with zero attached hydrogens (tertiary/aromatic N) is 4. The van der Waals surface area contributed by atoms with Gasteiger partial charge in [0.15, 0.2) is 5.82 Å². The minimum atomic E-state index is 0.771. The van der Waals surface area contributed by atoms with Gasteiger partial charge in [-0.15, -0.1) is 10.2 Å². The number of aromatic amines is 1. The number of hydrogen-bond donors (Lipinski definition) is 2. The molecule has 3 aromatic rings. The molecule has 0 unspecified atom stereocenters. The van der Waals surface area contributed by atoms with Gasteiger partial charge in [-0.1, -0.05) is 30.3 Å². The van der Waals surface area contributed by atoms with Gasteiger partial charge in [0.25, 0.3) is 0 Å². The molecule has 0 atom stereocenters. The van der Waals surface area contributed by atoms with Crippen molar-refractivity contribution in [2.45, 2.75) is 13.1 Å². The van der Waals surface area contributed by atoms with Crippen LogP contribution >= 0.6 is 0 Å². The van der Waals surface area contributed by atoms with Crippen molar-refractivity contribution < 1.29 is 0 Å². The van der Waals surface area contributed by atoms with E-state index in [4.69, 9.17) is 0 Å². The molecule has 0 spiro atoms. The van der Waals surface area contributed by atoms with Crippen LogP contribution in [0.15, 0.2) is 36.4 Å². The van der Waals surface area contributed by atoms with E-state index in [1.165, 1.54) is 0 Å². The Morgan fingerprint density at radius 1 is 1.10 bits per heavy atom. The molecule has 0 aliphatic carbocycles. The van der Waals surface area contributed by atoms with E-state index in [-0.39, 0.29) is 0 Å². The second-order valence-corrected chi connectivity index (χ2v) is 4.80. The minimum Gasteiger partial charge on any atom is -0.308 e. The first kappa shape index (κ1) is 11.4. The van der Waals surface area contributed by atoms with E-state index in [2.05, 4.69) is 30.3 Å². The van der Waals surface area contributed by atoms with Gasteiger partial charge >= 0.3 is 0 Å². The topological polar surface area (TPSA) is 71.4 Å². The van der Waals surface area contributed by atoms with E-state index in [0.717, 1.165) is 48.2 Å². The molecule has 20 heavy (non-hydrogen) atoms. The van der Waals surface area contributed by atoms with Crippen molar-refractivity contribution in [2.75, 3.05) is 6.54 Å². The summed E-state index contributed by atoms with van der Waals surface area (Å²) >= 11 is 0. The highest BCUT2D eigenvalue weighted by molar-refractivity contribution is 5.64. The van der Waals surface area contributed by atoms with Gasteiger partial charge in [0.1, 0.15) is 11.5 Å². The van der Waals surface area contributed by atoms with Crippen LogP contribution < -0.4 is 5.32 Å². The molecule has 1 aromatic carbocycles. The second-order valence-electron chi connectivity index (χ2n) is 4.80. The molecular weight excluding hydrogens is 252 g/mol. The molecular formula is C14H14N6. The van der Waals surface area contributed by atoms with Crippen molar-refractivity contribution in [1.29, 1.82) is 0 Å². The summed E-state index contributed by atoms with van der Waals surface area (Å²) in [6.07, 6.45) is 0. The summed E-state index contributed by atoms with van der Waals surface area (Å²) in [6.45, 7) is 2.60. The molecule has 0 radical (unpaired) electrons. The fraction of sp³-hybridized carbons (Fsp3) is 0.214. The third-order valence-electron chi connectivity index (χ3n) is 3.51. The summed E-state index contributed by atoms with van der Waals surface area (Å²) in [5.41, 5.74) is 2.92. The van der Waals surface area contributed by atoms with Crippen LogP contribution in [-0.2, 0) is 13.1 Å². The molecule has 0 fully saturated rings. The van der Waals surface area contributed by atoms with Crippen molar-refractivity contribution in [3.05, 3.63) is 42.2 Å². The molecule has 0 bridgehead atoms. The van der Waals surface area contributed by atoms with Gasteiger partial charge in [0, 0.05) is 18.7 Å². The van der Waals surface area contributed by atoms with E-state index >= 15 is 0 Å². The average Bonchev–Trinajstić information content (AvgIpc) is 3.14. The largest absolute Gasteiger partial charge is 0.308 e. The second kappa shape index (κ2) is 4.57. The first-order valence-electron chi connectivity index (χ1n) is 6.66. The number of nitrogens with one attached hydrogen (secondary N) is 2. The Morgan fingerprint density at radius 2 is 2.00 bits per heavy atom. The molecule has 0 saturated carbocycles. The summed E-state index contributed by atoms with van der Waals surface area (Å²) in [6, 6.07) is 12.1. The van der Waals surface area contributed by atoms with Crippen molar-refractivity contribution in [3.8, 4) is 22.8 Å². The maximum atomic E-state index is 4.37. The predicted octanol–water partition coefficient (Wildman–Crippen LogP) is 1.44. The molecule has 100 valence electrons. The van der Waals surface area contributed by atoms with Crippen molar-refractivity contribution in [2.24, 2.45) is 0 Å². The zero-order chi connectivity index (χ0) is 13.4.